The number of nitrogens with zero attached hydrogens (tertiary/aromatic N) is 1. The van der Waals surface area contributed by atoms with Crippen molar-refractivity contribution in [2.24, 2.45) is 5.92 Å². The van der Waals surface area contributed by atoms with Gasteiger partial charge in [0.15, 0.2) is 0 Å². The Bertz CT molecular complexity index is 428. The van der Waals surface area contributed by atoms with Gasteiger partial charge in [-0.15, -0.1) is 0 Å². The molecule has 3 rings (SSSR count). The van der Waals surface area contributed by atoms with E-state index in [-0.39, 0.29) is 6.10 Å². The van der Waals surface area contributed by atoms with Crippen LogP contribution in [0.15, 0.2) is 30.3 Å². The number of benzene rings is 1. The van der Waals surface area contributed by atoms with Gasteiger partial charge in [0.1, 0.15) is 0 Å². The SMILES string of the molecule is CCCN(CC1CC1)C1CC(c2ccccc2)CCC1O. The van der Waals surface area contributed by atoms with Crippen LogP contribution in [0.2, 0.25) is 0 Å². The molecular weight excluding hydrogens is 258 g/mol. The predicted molar refractivity (Wildman–Crippen MR) is 87.4 cm³/mol. The molecule has 1 aromatic rings. The molecule has 21 heavy (non-hydrogen) atoms. The fourth-order valence-corrected chi connectivity index (χ4v) is 3.86. The molecule has 1 N–H and O–H groups in total. The van der Waals surface area contributed by atoms with Crippen molar-refractivity contribution in [1.29, 1.82) is 0 Å². The average molecular weight is 287 g/mol. The van der Waals surface area contributed by atoms with Crippen LogP contribution in [0, 0.1) is 5.92 Å². The molecule has 2 heteroatoms. The summed E-state index contributed by atoms with van der Waals surface area (Å²) < 4.78 is 0. The Kier molecular flexibility index (Phi) is 4.97. The second-order valence-corrected chi connectivity index (χ2v) is 6.99. The standard InChI is InChI=1S/C19H29NO/c1-2-12-20(14-15-8-9-15)18-13-17(10-11-19(18)21)16-6-4-3-5-7-16/h3-7,15,17-19,21H,2,8-14H2,1H3. The van der Waals surface area contributed by atoms with Crippen molar-refractivity contribution in [2.45, 2.75) is 63.5 Å². The lowest BCUT2D eigenvalue weighted by atomic mass is 9.79. The first-order valence-corrected chi connectivity index (χ1v) is 8.75. The van der Waals surface area contributed by atoms with Crippen LogP contribution in [0.4, 0.5) is 0 Å². The number of aliphatic hydroxyl groups excluding tert-OH is 1. The third-order valence-corrected chi connectivity index (χ3v) is 5.22. The first kappa shape index (κ1) is 15.1. The van der Waals surface area contributed by atoms with Crippen LogP contribution in [0.3, 0.4) is 0 Å². The monoisotopic (exact) mass is 287 g/mol. The smallest absolute Gasteiger partial charge is 0.0695 e. The molecule has 2 nitrogen and oxygen atoms in total. The molecule has 1 aromatic carbocycles. The van der Waals surface area contributed by atoms with E-state index in [9.17, 15) is 5.11 Å². The first-order chi connectivity index (χ1) is 10.3. The Morgan fingerprint density at radius 2 is 1.86 bits per heavy atom. The Morgan fingerprint density at radius 3 is 2.52 bits per heavy atom. The minimum Gasteiger partial charge on any atom is -0.391 e. The van der Waals surface area contributed by atoms with Crippen LogP contribution in [-0.2, 0) is 0 Å². The second-order valence-electron chi connectivity index (χ2n) is 6.99. The number of hydrogen-bond acceptors (Lipinski definition) is 2. The Balaban J connectivity index is 1.69. The molecule has 0 bridgehead atoms. The van der Waals surface area contributed by atoms with Crippen molar-refractivity contribution >= 4 is 0 Å². The average Bonchev–Trinajstić information content (AvgIpc) is 3.32. The van der Waals surface area contributed by atoms with Gasteiger partial charge in [0.2, 0.25) is 0 Å². The van der Waals surface area contributed by atoms with E-state index in [0.717, 1.165) is 31.7 Å². The molecule has 0 aliphatic heterocycles. The van der Waals surface area contributed by atoms with Crippen molar-refractivity contribution in [3.63, 3.8) is 0 Å². The highest BCUT2D eigenvalue weighted by atomic mass is 16.3. The Hall–Kier alpha value is -0.860. The first-order valence-electron chi connectivity index (χ1n) is 8.75. The van der Waals surface area contributed by atoms with Crippen molar-refractivity contribution in [2.75, 3.05) is 13.1 Å². The quantitative estimate of drug-likeness (QED) is 0.860. The second kappa shape index (κ2) is 6.93. The van der Waals surface area contributed by atoms with E-state index in [2.05, 4.69) is 42.2 Å². The van der Waals surface area contributed by atoms with Gasteiger partial charge in [-0.3, -0.25) is 4.90 Å². The Labute approximate surface area is 129 Å². The summed E-state index contributed by atoms with van der Waals surface area (Å²) in [5.74, 6) is 1.53. The van der Waals surface area contributed by atoms with Gasteiger partial charge in [0.05, 0.1) is 6.10 Å². The predicted octanol–water partition coefficient (Wildman–Crippen LogP) is 3.81. The summed E-state index contributed by atoms with van der Waals surface area (Å²) in [6.07, 6.45) is 7.05. The van der Waals surface area contributed by atoms with Crippen LogP contribution in [-0.4, -0.2) is 35.2 Å². The summed E-state index contributed by atoms with van der Waals surface area (Å²) in [5.41, 5.74) is 1.46. The van der Waals surface area contributed by atoms with Crippen LogP contribution >= 0.6 is 0 Å². The third kappa shape index (κ3) is 3.87. The lowest BCUT2D eigenvalue weighted by molar-refractivity contribution is 0.0113. The highest BCUT2D eigenvalue weighted by Gasteiger charge is 2.36. The van der Waals surface area contributed by atoms with Gasteiger partial charge in [-0.1, -0.05) is 37.3 Å². The number of hydrogen-bond donors (Lipinski definition) is 1. The topological polar surface area (TPSA) is 23.5 Å². The highest BCUT2D eigenvalue weighted by molar-refractivity contribution is 5.20. The molecule has 0 heterocycles. The summed E-state index contributed by atoms with van der Waals surface area (Å²) in [6.45, 7) is 4.60. The summed E-state index contributed by atoms with van der Waals surface area (Å²) in [4.78, 5) is 2.59. The highest BCUT2D eigenvalue weighted by Crippen LogP contribution is 2.37. The van der Waals surface area contributed by atoms with E-state index in [1.54, 1.807) is 0 Å². The summed E-state index contributed by atoms with van der Waals surface area (Å²) in [5, 5.41) is 10.5. The van der Waals surface area contributed by atoms with E-state index in [0.29, 0.717) is 12.0 Å². The lowest BCUT2D eigenvalue weighted by Crippen LogP contribution is -2.48. The van der Waals surface area contributed by atoms with E-state index in [4.69, 9.17) is 0 Å². The molecule has 2 aliphatic carbocycles. The van der Waals surface area contributed by atoms with Gasteiger partial charge in [0, 0.05) is 12.6 Å². The molecule has 0 saturated heterocycles. The maximum Gasteiger partial charge on any atom is 0.0695 e. The maximum atomic E-state index is 10.5. The van der Waals surface area contributed by atoms with E-state index in [1.165, 1.54) is 31.4 Å². The zero-order valence-corrected chi connectivity index (χ0v) is 13.2. The molecule has 2 aliphatic rings. The van der Waals surface area contributed by atoms with Crippen LogP contribution < -0.4 is 0 Å². The lowest BCUT2D eigenvalue weighted by Gasteiger charge is -2.41. The summed E-state index contributed by atoms with van der Waals surface area (Å²) in [6, 6.07) is 11.3. The molecule has 2 saturated carbocycles. The minimum atomic E-state index is -0.129. The van der Waals surface area contributed by atoms with Gasteiger partial charge in [-0.2, -0.15) is 0 Å². The van der Waals surface area contributed by atoms with Crippen molar-refractivity contribution in [1.82, 2.24) is 4.90 Å². The fraction of sp³-hybridized carbons (Fsp3) is 0.684. The molecule has 3 atom stereocenters. The van der Waals surface area contributed by atoms with Crippen molar-refractivity contribution < 1.29 is 5.11 Å². The van der Waals surface area contributed by atoms with E-state index < -0.39 is 0 Å². The number of aliphatic hydroxyl groups is 1. The van der Waals surface area contributed by atoms with Crippen LogP contribution in [0.1, 0.15) is 56.9 Å². The van der Waals surface area contributed by atoms with Gasteiger partial charge in [0.25, 0.3) is 0 Å². The number of rotatable bonds is 6. The molecule has 0 radical (unpaired) electrons. The van der Waals surface area contributed by atoms with Crippen LogP contribution in [0.5, 0.6) is 0 Å². The van der Waals surface area contributed by atoms with Crippen molar-refractivity contribution in [3.8, 4) is 0 Å². The molecule has 3 unspecified atom stereocenters. The van der Waals surface area contributed by atoms with Crippen molar-refractivity contribution in [3.05, 3.63) is 35.9 Å². The molecular formula is C19H29NO. The Morgan fingerprint density at radius 1 is 1.10 bits per heavy atom. The maximum absolute atomic E-state index is 10.5. The molecule has 2 fully saturated rings. The molecule has 0 amide bonds. The zero-order chi connectivity index (χ0) is 14.7. The molecule has 0 aromatic heterocycles. The van der Waals surface area contributed by atoms with Gasteiger partial charge >= 0.3 is 0 Å². The minimum absolute atomic E-state index is 0.129. The zero-order valence-electron chi connectivity index (χ0n) is 13.2. The normalized spacial score (nSPS) is 29.8. The van der Waals surface area contributed by atoms with Gasteiger partial charge in [-0.25, -0.2) is 0 Å². The van der Waals surface area contributed by atoms with Crippen LogP contribution in [0.25, 0.3) is 0 Å². The van der Waals surface area contributed by atoms with Gasteiger partial charge in [-0.05, 0) is 62.5 Å². The summed E-state index contributed by atoms with van der Waals surface area (Å²) in [7, 11) is 0. The third-order valence-electron chi connectivity index (χ3n) is 5.22. The van der Waals surface area contributed by atoms with E-state index >= 15 is 0 Å². The fourth-order valence-electron chi connectivity index (χ4n) is 3.86. The molecule has 116 valence electrons. The molecule has 0 spiro atoms. The largest absolute Gasteiger partial charge is 0.391 e. The van der Waals surface area contributed by atoms with E-state index in [1.807, 2.05) is 0 Å². The van der Waals surface area contributed by atoms with Gasteiger partial charge < -0.3 is 5.11 Å². The summed E-state index contributed by atoms with van der Waals surface area (Å²) >= 11 is 0.